The molecule has 1 rings (SSSR count). The van der Waals surface area contributed by atoms with E-state index >= 15 is 0 Å². The molecule has 19 heavy (non-hydrogen) atoms. The standard InChI is InChI=1S/C15H24N2O2/c1-12(11-19-2)8-15(18)17-14(10-16)9-13-6-4-3-5-7-13/h3-7,12,14H,8-11,16H2,1-2H3,(H,17,18). The van der Waals surface area contributed by atoms with E-state index in [1.165, 1.54) is 5.56 Å². The van der Waals surface area contributed by atoms with Crippen LogP contribution >= 0.6 is 0 Å². The second-order valence-corrected chi connectivity index (χ2v) is 4.95. The van der Waals surface area contributed by atoms with Crippen molar-refractivity contribution in [3.63, 3.8) is 0 Å². The van der Waals surface area contributed by atoms with Crippen molar-refractivity contribution >= 4 is 5.91 Å². The number of ether oxygens (including phenoxy) is 1. The molecule has 2 atom stereocenters. The normalized spacial score (nSPS) is 13.8. The van der Waals surface area contributed by atoms with Gasteiger partial charge in [-0.05, 0) is 17.9 Å². The highest BCUT2D eigenvalue weighted by Gasteiger charge is 2.14. The van der Waals surface area contributed by atoms with E-state index in [9.17, 15) is 4.79 Å². The molecule has 0 saturated carbocycles. The van der Waals surface area contributed by atoms with E-state index in [4.69, 9.17) is 10.5 Å². The monoisotopic (exact) mass is 264 g/mol. The number of methoxy groups -OCH3 is 1. The van der Waals surface area contributed by atoms with Crippen LogP contribution in [0.3, 0.4) is 0 Å². The van der Waals surface area contributed by atoms with Crippen LogP contribution in [0.1, 0.15) is 18.9 Å². The van der Waals surface area contributed by atoms with Crippen LogP contribution in [-0.4, -0.2) is 32.2 Å². The van der Waals surface area contributed by atoms with E-state index in [0.717, 1.165) is 6.42 Å². The van der Waals surface area contributed by atoms with E-state index < -0.39 is 0 Å². The summed E-state index contributed by atoms with van der Waals surface area (Å²) in [5.74, 6) is 0.260. The minimum absolute atomic E-state index is 0.00959. The van der Waals surface area contributed by atoms with Gasteiger partial charge in [0.2, 0.25) is 5.91 Å². The molecule has 4 heteroatoms. The molecule has 0 bridgehead atoms. The Morgan fingerprint density at radius 1 is 1.37 bits per heavy atom. The first-order valence-corrected chi connectivity index (χ1v) is 6.68. The molecule has 1 amide bonds. The number of carbonyl (C=O) groups excluding carboxylic acids is 1. The summed E-state index contributed by atoms with van der Waals surface area (Å²) in [5.41, 5.74) is 6.90. The molecule has 3 N–H and O–H groups in total. The largest absolute Gasteiger partial charge is 0.384 e. The maximum atomic E-state index is 11.9. The summed E-state index contributed by atoms with van der Waals surface area (Å²) >= 11 is 0. The fraction of sp³-hybridized carbons (Fsp3) is 0.533. The molecule has 2 unspecified atom stereocenters. The SMILES string of the molecule is COCC(C)CC(=O)NC(CN)Cc1ccccc1. The molecule has 0 saturated heterocycles. The lowest BCUT2D eigenvalue weighted by atomic mass is 10.0. The van der Waals surface area contributed by atoms with Crippen molar-refractivity contribution in [1.82, 2.24) is 5.32 Å². The van der Waals surface area contributed by atoms with Gasteiger partial charge in [0.15, 0.2) is 0 Å². The Kier molecular flexibility index (Phi) is 7.15. The van der Waals surface area contributed by atoms with Gasteiger partial charge in [0.25, 0.3) is 0 Å². The first kappa shape index (κ1) is 15.7. The van der Waals surface area contributed by atoms with Gasteiger partial charge in [0, 0.05) is 32.7 Å². The second kappa shape index (κ2) is 8.67. The molecule has 106 valence electrons. The molecule has 0 aliphatic rings. The fourth-order valence-electron chi connectivity index (χ4n) is 2.04. The van der Waals surface area contributed by atoms with Gasteiger partial charge in [-0.1, -0.05) is 37.3 Å². The zero-order valence-corrected chi connectivity index (χ0v) is 11.8. The number of hydrogen-bond acceptors (Lipinski definition) is 3. The van der Waals surface area contributed by atoms with Crippen LogP contribution in [0.25, 0.3) is 0 Å². The van der Waals surface area contributed by atoms with Crippen molar-refractivity contribution in [1.29, 1.82) is 0 Å². The molecule has 0 aromatic heterocycles. The van der Waals surface area contributed by atoms with Crippen molar-refractivity contribution < 1.29 is 9.53 Å². The van der Waals surface area contributed by atoms with E-state index in [1.807, 2.05) is 37.3 Å². The maximum absolute atomic E-state index is 11.9. The van der Waals surface area contributed by atoms with Gasteiger partial charge in [-0.2, -0.15) is 0 Å². The maximum Gasteiger partial charge on any atom is 0.220 e. The van der Waals surface area contributed by atoms with Crippen molar-refractivity contribution in [2.24, 2.45) is 11.7 Å². The third-order valence-electron chi connectivity index (χ3n) is 2.96. The third kappa shape index (κ3) is 6.36. The number of nitrogens with one attached hydrogen (secondary N) is 1. The van der Waals surface area contributed by atoms with E-state index in [2.05, 4.69) is 5.32 Å². The third-order valence-corrected chi connectivity index (χ3v) is 2.96. The van der Waals surface area contributed by atoms with Crippen LogP contribution in [0.15, 0.2) is 30.3 Å². The highest BCUT2D eigenvalue weighted by Crippen LogP contribution is 2.05. The number of carbonyl (C=O) groups is 1. The lowest BCUT2D eigenvalue weighted by molar-refractivity contribution is -0.122. The van der Waals surface area contributed by atoms with Gasteiger partial charge in [0.05, 0.1) is 0 Å². The Hall–Kier alpha value is -1.39. The van der Waals surface area contributed by atoms with Crippen LogP contribution in [0.2, 0.25) is 0 Å². The second-order valence-electron chi connectivity index (χ2n) is 4.95. The van der Waals surface area contributed by atoms with Crippen molar-refractivity contribution in [2.45, 2.75) is 25.8 Å². The van der Waals surface area contributed by atoms with E-state index in [1.54, 1.807) is 7.11 Å². The van der Waals surface area contributed by atoms with Crippen LogP contribution in [0.5, 0.6) is 0 Å². The molecule has 0 spiro atoms. The Balaban J connectivity index is 2.41. The first-order valence-electron chi connectivity index (χ1n) is 6.68. The van der Waals surface area contributed by atoms with Gasteiger partial charge >= 0.3 is 0 Å². The van der Waals surface area contributed by atoms with Crippen molar-refractivity contribution in [2.75, 3.05) is 20.3 Å². The van der Waals surface area contributed by atoms with E-state index in [-0.39, 0.29) is 17.9 Å². The number of amides is 1. The summed E-state index contributed by atoms with van der Waals surface area (Å²) in [5, 5.41) is 2.98. The van der Waals surface area contributed by atoms with Gasteiger partial charge in [0.1, 0.15) is 0 Å². The fourth-order valence-corrected chi connectivity index (χ4v) is 2.04. The minimum Gasteiger partial charge on any atom is -0.384 e. The van der Waals surface area contributed by atoms with Gasteiger partial charge in [-0.25, -0.2) is 0 Å². The number of rotatable bonds is 8. The van der Waals surface area contributed by atoms with Gasteiger partial charge in [-0.3, -0.25) is 4.79 Å². The summed E-state index contributed by atoms with van der Waals surface area (Å²) in [7, 11) is 1.65. The lowest BCUT2D eigenvalue weighted by Crippen LogP contribution is -2.42. The van der Waals surface area contributed by atoms with Crippen molar-refractivity contribution in [3.05, 3.63) is 35.9 Å². The molecule has 1 aromatic rings. The Labute approximate surface area is 115 Å². The van der Waals surface area contributed by atoms with Crippen LogP contribution < -0.4 is 11.1 Å². The molecule has 0 fully saturated rings. The lowest BCUT2D eigenvalue weighted by Gasteiger charge is -2.18. The first-order chi connectivity index (χ1) is 9.15. The predicted octanol–water partition coefficient (Wildman–Crippen LogP) is 1.35. The molecule has 0 aliphatic heterocycles. The van der Waals surface area contributed by atoms with Crippen LogP contribution in [0.4, 0.5) is 0 Å². The Bertz CT molecular complexity index is 368. The van der Waals surface area contributed by atoms with E-state index in [0.29, 0.717) is 19.6 Å². The summed E-state index contributed by atoms with van der Waals surface area (Å²) in [6.07, 6.45) is 1.24. The molecule has 4 nitrogen and oxygen atoms in total. The summed E-state index contributed by atoms with van der Waals surface area (Å²) < 4.78 is 5.03. The van der Waals surface area contributed by atoms with Crippen LogP contribution in [0, 0.1) is 5.92 Å². The average molecular weight is 264 g/mol. The Morgan fingerprint density at radius 3 is 2.63 bits per heavy atom. The number of nitrogens with two attached hydrogens (primary N) is 1. The van der Waals surface area contributed by atoms with Gasteiger partial charge < -0.3 is 15.8 Å². The number of hydrogen-bond donors (Lipinski definition) is 2. The summed E-state index contributed by atoms with van der Waals surface area (Å²) in [4.78, 5) is 11.9. The molecular weight excluding hydrogens is 240 g/mol. The van der Waals surface area contributed by atoms with Crippen LogP contribution in [-0.2, 0) is 16.0 Å². The predicted molar refractivity (Wildman–Crippen MR) is 76.8 cm³/mol. The molecule has 0 radical (unpaired) electrons. The highest BCUT2D eigenvalue weighted by atomic mass is 16.5. The minimum atomic E-state index is -0.00959. The zero-order valence-electron chi connectivity index (χ0n) is 11.8. The van der Waals surface area contributed by atoms with Gasteiger partial charge in [-0.15, -0.1) is 0 Å². The molecule has 0 heterocycles. The smallest absolute Gasteiger partial charge is 0.220 e. The molecule has 0 aliphatic carbocycles. The van der Waals surface area contributed by atoms with Crippen molar-refractivity contribution in [3.8, 4) is 0 Å². The summed E-state index contributed by atoms with van der Waals surface area (Å²) in [6, 6.07) is 10.0. The molecule has 1 aromatic carbocycles. The Morgan fingerprint density at radius 2 is 2.05 bits per heavy atom. The quantitative estimate of drug-likeness (QED) is 0.745. The highest BCUT2D eigenvalue weighted by molar-refractivity contribution is 5.76. The zero-order chi connectivity index (χ0) is 14.1. The summed E-state index contributed by atoms with van der Waals surface area (Å²) in [6.45, 7) is 3.04. The number of benzene rings is 1. The topological polar surface area (TPSA) is 64.3 Å². The average Bonchev–Trinajstić information content (AvgIpc) is 2.39. The molecular formula is C15H24N2O2.